The minimum atomic E-state index is -3.73. The Bertz CT molecular complexity index is 1230. The molecule has 4 aromatic rings. The van der Waals surface area contributed by atoms with E-state index in [0.29, 0.717) is 16.3 Å². The summed E-state index contributed by atoms with van der Waals surface area (Å²) < 4.78 is 26.3. The normalized spacial score (nSPS) is 11.8. The Morgan fingerprint density at radius 2 is 1.56 bits per heavy atom. The molecule has 3 aromatic carbocycles. The summed E-state index contributed by atoms with van der Waals surface area (Å²) in [5.41, 5.74) is 12.0. The van der Waals surface area contributed by atoms with Gasteiger partial charge in [-0.1, -0.05) is 36.4 Å². The van der Waals surface area contributed by atoms with E-state index in [1.165, 1.54) is 12.1 Å². The largest absolute Gasteiger partial charge is 0.383 e. The van der Waals surface area contributed by atoms with Gasteiger partial charge >= 0.3 is 0 Å². The first kappa shape index (κ1) is 15.3. The molecule has 0 fully saturated rings. The van der Waals surface area contributed by atoms with Crippen LogP contribution >= 0.6 is 0 Å². The number of hydrogen-bond donors (Lipinski definition) is 2. The third-order valence-corrected chi connectivity index (χ3v) is 5.87. The van der Waals surface area contributed by atoms with Crippen LogP contribution in [-0.2, 0) is 9.84 Å². The van der Waals surface area contributed by atoms with Crippen molar-refractivity contribution >= 4 is 43.3 Å². The number of sulfone groups is 1. The van der Waals surface area contributed by atoms with Gasteiger partial charge in [-0.3, -0.25) is 0 Å². The number of anilines is 2. The van der Waals surface area contributed by atoms with Crippen LogP contribution in [-0.4, -0.2) is 18.4 Å². The Labute approximate surface area is 144 Å². The van der Waals surface area contributed by atoms with Crippen molar-refractivity contribution in [2.45, 2.75) is 9.79 Å². The standard InChI is InChI=1S/C18H14N4O2S/c19-17-14-10-12(8-9-15(14)21-18(20)22-17)25(23,24)16-7-3-5-11-4-1-2-6-13(11)16/h1-10H,(H4,19,20,21,22). The summed E-state index contributed by atoms with van der Waals surface area (Å²) in [7, 11) is -3.73. The van der Waals surface area contributed by atoms with Crippen molar-refractivity contribution in [3.63, 3.8) is 0 Å². The highest BCUT2D eigenvalue weighted by atomic mass is 32.2. The van der Waals surface area contributed by atoms with Crippen LogP contribution in [0.25, 0.3) is 21.7 Å². The van der Waals surface area contributed by atoms with Crippen molar-refractivity contribution in [3.05, 3.63) is 60.7 Å². The van der Waals surface area contributed by atoms with E-state index < -0.39 is 9.84 Å². The van der Waals surface area contributed by atoms with Crippen molar-refractivity contribution in [2.24, 2.45) is 0 Å². The highest BCUT2D eigenvalue weighted by molar-refractivity contribution is 7.91. The van der Waals surface area contributed by atoms with Gasteiger partial charge in [-0.15, -0.1) is 0 Å². The molecule has 0 saturated heterocycles. The maximum Gasteiger partial charge on any atom is 0.222 e. The SMILES string of the molecule is Nc1nc(N)c2cc(S(=O)(=O)c3cccc4ccccc34)ccc2n1. The summed E-state index contributed by atoms with van der Waals surface area (Å²) in [4.78, 5) is 8.36. The summed E-state index contributed by atoms with van der Waals surface area (Å²) in [6, 6.07) is 17.1. The van der Waals surface area contributed by atoms with Gasteiger partial charge < -0.3 is 11.5 Å². The van der Waals surface area contributed by atoms with Crippen LogP contribution in [0.2, 0.25) is 0 Å². The van der Waals surface area contributed by atoms with E-state index in [1.54, 1.807) is 24.3 Å². The fourth-order valence-electron chi connectivity index (χ4n) is 2.87. The molecule has 6 nitrogen and oxygen atoms in total. The lowest BCUT2D eigenvalue weighted by Crippen LogP contribution is -2.05. The monoisotopic (exact) mass is 350 g/mol. The summed E-state index contributed by atoms with van der Waals surface area (Å²) in [5.74, 6) is 0.201. The Kier molecular flexibility index (Phi) is 3.33. The quantitative estimate of drug-likeness (QED) is 0.575. The number of rotatable bonds is 2. The van der Waals surface area contributed by atoms with Gasteiger partial charge in [-0.2, -0.15) is 4.98 Å². The number of nitrogens with two attached hydrogens (primary N) is 2. The molecule has 0 unspecified atom stereocenters. The van der Waals surface area contributed by atoms with Crippen LogP contribution in [0, 0.1) is 0 Å². The van der Waals surface area contributed by atoms with E-state index in [0.717, 1.165) is 5.39 Å². The lowest BCUT2D eigenvalue weighted by Gasteiger charge is -2.10. The molecule has 1 aromatic heterocycles. The van der Waals surface area contributed by atoms with Crippen molar-refractivity contribution in [2.75, 3.05) is 11.5 Å². The molecule has 0 spiro atoms. The second-order valence-electron chi connectivity index (χ2n) is 5.63. The second kappa shape index (κ2) is 5.42. The molecule has 124 valence electrons. The van der Waals surface area contributed by atoms with Crippen molar-refractivity contribution in [1.82, 2.24) is 9.97 Å². The smallest absolute Gasteiger partial charge is 0.222 e. The average Bonchev–Trinajstić information content (AvgIpc) is 2.60. The minimum absolute atomic E-state index is 0.0506. The van der Waals surface area contributed by atoms with Gasteiger partial charge in [-0.25, -0.2) is 13.4 Å². The van der Waals surface area contributed by atoms with E-state index in [4.69, 9.17) is 11.5 Å². The predicted octanol–water partition coefficient (Wildman–Crippen LogP) is 2.78. The molecule has 0 atom stereocenters. The van der Waals surface area contributed by atoms with E-state index >= 15 is 0 Å². The number of nitrogen functional groups attached to an aromatic ring is 2. The number of benzene rings is 3. The van der Waals surface area contributed by atoms with Gasteiger partial charge in [0.05, 0.1) is 15.3 Å². The van der Waals surface area contributed by atoms with Gasteiger partial charge in [0.25, 0.3) is 0 Å². The van der Waals surface area contributed by atoms with E-state index in [1.807, 2.05) is 24.3 Å². The molecular weight excluding hydrogens is 336 g/mol. The highest BCUT2D eigenvalue weighted by Crippen LogP contribution is 2.30. The zero-order valence-electron chi connectivity index (χ0n) is 13.0. The molecule has 4 rings (SSSR count). The Morgan fingerprint density at radius 1 is 0.800 bits per heavy atom. The van der Waals surface area contributed by atoms with Crippen molar-refractivity contribution in [3.8, 4) is 0 Å². The van der Waals surface area contributed by atoms with E-state index in [2.05, 4.69) is 9.97 Å². The molecule has 0 saturated carbocycles. The molecule has 25 heavy (non-hydrogen) atoms. The van der Waals surface area contributed by atoms with Gasteiger partial charge in [0, 0.05) is 10.8 Å². The number of hydrogen-bond acceptors (Lipinski definition) is 6. The third kappa shape index (κ3) is 2.45. The van der Waals surface area contributed by atoms with Crippen LogP contribution < -0.4 is 11.5 Å². The molecule has 1 heterocycles. The topological polar surface area (TPSA) is 112 Å². The van der Waals surface area contributed by atoms with Crippen molar-refractivity contribution in [1.29, 1.82) is 0 Å². The average molecular weight is 350 g/mol. The van der Waals surface area contributed by atoms with Crippen LogP contribution in [0.15, 0.2) is 70.5 Å². The molecule has 0 radical (unpaired) electrons. The molecule has 0 aliphatic heterocycles. The molecule has 0 amide bonds. The first-order chi connectivity index (χ1) is 12.0. The van der Waals surface area contributed by atoms with Gasteiger partial charge in [0.2, 0.25) is 15.8 Å². The third-order valence-electron chi connectivity index (χ3n) is 4.06. The molecular formula is C18H14N4O2S. The predicted molar refractivity (Wildman–Crippen MR) is 97.8 cm³/mol. The first-order valence-corrected chi connectivity index (χ1v) is 9.01. The second-order valence-corrected chi connectivity index (χ2v) is 7.54. The molecule has 4 N–H and O–H groups in total. The van der Waals surface area contributed by atoms with Gasteiger partial charge in [-0.05, 0) is 29.7 Å². The number of fused-ring (bicyclic) bond motifs is 2. The maximum absolute atomic E-state index is 13.2. The Morgan fingerprint density at radius 3 is 2.40 bits per heavy atom. The van der Waals surface area contributed by atoms with Gasteiger partial charge in [0.15, 0.2) is 0 Å². The zero-order valence-corrected chi connectivity index (χ0v) is 13.9. The van der Waals surface area contributed by atoms with Crippen LogP contribution in [0.4, 0.5) is 11.8 Å². The fourth-order valence-corrected chi connectivity index (χ4v) is 4.38. The van der Waals surface area contributed by atoms with Crippen molar-refractivity contribution < 1.29 is 8.42 Å². The van der Waals surface area contributed by atoms with E-state index in [9.17, 15) is 8.42 Å². The van der Waals surface area contributed by atoms with Crippen LogP contribution in [0.3, 0.4) is 0 Å². The van der Waals surface area contributed by atoms with Crippen LogP contribution in [0.1, 0.15) is 0 Å². The van der Waals surface area contributed by atoms with E-state index in [-0.39, 0.29) is 21.6 Å². The minimum Gasteiger partial charge on any atom is -0.383 e. The summed E-state index contributed by atoms with van der Waals surface area (Å²) in [6.45, 7) is 0. The maximum atomic E-state index is 13.2. The lowest BCUT2D eigenvalue weighted by molar-refractivity contribution is 0.597. The fraction of sp³-hybridized carbons (Fsp3) is 0. The summed E-state index contributed by atoms with van der Waals surface area (Å²) in [5, 5.41) is 1.99. The first-order valence-electron chi connectivity index (χ1n) is 7.52. The summed E-state index contributed by atoms with van der Waals surface area (Å²) >= 11 is 0. The molecule has 0 aliphatic rings. The lowest BCUT2D eigenvalue weighted by atomic mass is 10.1. The molecule has 0 bridgehead atoms. The molecule has 0 aliphatic carbocycles. The Hall–Kier alpha value is -3.19. The zero-order chi connectivity index (χ0) is 17.6. The number of nitrogens with zero attached hydrogens (tertiary/aromatic N) is 2. The van der Waals surface area contributed by atoms with Gasteiger partial charge in [0.1, 0.15) is 5.82 Å². The highest BCUT2D eigenvalue weighted by Gasteiger charge is 2.21. The Balaban J connectivity index is 1.98. The summed E-state index contributed by atoms with van der Waals surface area (Å²) in [6.07, 6.45) is 0. The van der Waals surface area contributed by atoms with Crippen LogP contribution in [0.5, 0.6) is 0 Å². The number of aromatic nitrogens is 2. The molecule has 7 heteroatoms.